The second-order valence-corrected chi connectivity index (χ2v) is 10.4. The Morgan fingerprint density at radius 2 is 1.92 bits per heavy atom. The largest absolute Gasteiger partial charge is 0.573 e. The van der Waals surface area contributed by atoms with E-state index >= 15 is 0 Å². The quantitative estimate of drug-likeness (QED) is 0.519. The fraction of sp³-hybridized carbons (Fsp3) is 0.458. The van der Waals surface area contributed by atoms with Crippen molar-refractivity contribution >= 4 is 27.6 Å². The Bertz CT molecular complexity index is 1320. The number of alkyl halides is 3. The van der Waals surface area contributed by atoms with E-state index in [2.05, 4.69) is 14.6 Å². The summed E-state index contributed by atoms with van der Waals surface area (Å²) in [5.74, 6) is -0.307. The molecule has 2 fully saturated rings. The highest BCUT2D eigenvalue weighted by molar-refractivity contribution is 7.22. The van der Waals surface area contributed by atoms with Crippen molar-refractivity contribution in [1.29, 1.82) is 0 Å². The van der Waals surface area contributed by atoms with Crippen LogP contribution in [0.15, 0.2) is 41.5 Å². The van der Waals surface area contributed by atoms with E-state index in [9.17, 15) is 22.8 Å². The standard InChI is InChI=1S/C24H26F3N5O3S/c1-29-9-7-16(12-29)30(2)23(34)31-10-8-17(13-31)32-14-28-19-11-20(36-21(19)22(32)33)15-3-5-18(6-4-15)35-24(25,26)27/h3-6,11,14,16-17H,7-10,12-13H2,1-2H3/t16-,17-/m0/s1. The molecule has 8 nitrogen and oxygen atoms in total. The number of carbonyl (C=O) groups is 1. The first-order valence-corrected chi connectivity index (χ1v) is 12.5. The van der Waals surface area contributed by atoms with E-state index in [1.807, 2.05) is 19.0 Å². The van der Waals surface area contributed by atoms with Gasteiger partial charge in [-0.2, -0.15) is 0 Å². The zero-order chi connectivity index (χ0) is 25.6. The molecule has 192 valence electrons. The van der Waals surface area contributed by atoms with Crippen molar-refractivity contribution in [3.05, 3.63) is 47.0 Å². The molecule has 2 atom stereocenters. The van der Waals surface area contributed by atoms with Crippen molar-refractivity contribution in [2.24, 2.45) is 0 Å². The molecule has 12 heteroatoms. The molecule has 2 aromatic heterocycles. The fourth-order valence-electron chi connectivity index (χ4n) is 4.90. The molecule has 5 rings (SSSR count). The van der Waals surface area contributed by atoms with E-state index in [0.29, 0.717) is 35.3 Å². The van der Waals surface area contributed by atoms with Crippen molar-refractivity contribution in [3.63, 3.8) is 0 Å². The Hall–Kier alpha value is -3.12. The number of halogens is 3. The van der Waals surface area contributed by atoms with Gasteiger partial charge in [-0.1, -0.05) is 0 Å². The molecule has 36 heavy (non-hydrogen) atoms. The van der Waals surface area contributed by atoms with Crippen LogP contribution in [0.4, 0.5) is 18.0 Å². The molecule has 0 bridgehead atoms. The number of thiophene rings is 1. The van der Waals surface area contributed by atoms with Crippen molar-refractivity contribution in [3.8, 4) is 16.2 Å². The van der Waals surface area contributed by atoms with Crippen LogP contribution < -0.4 is 10.3 Å². The van der Waals surface area contributed by atoms with Crippen molar-refractivity contribution in [1.82, 2.24) is 24.3 Å². The van der Waals surface area contributed by atoms with Crippen molar-refractivity contribution in [2.45, 2.75) is 31.3 Å². The van der Waals surface area contributed by atoms with Gasteiger partial charge in [-0.3, -0.25) is 9.36 Å². The van der Waals surface area contributed by atoms with Crippen LogP contribution in [0.25, 0.3) is 20.7 Å². The van der Waals surface area contributed by atoms with Gasteiger partial charge in [0.05, 0.1) is 17.9 Å². The van der Waals surface area contributed by atoms with Crippen LogP contribution in [-0.4, -0.2) is 83.0 Å². The van der Waals surface area contributed by atoms with E-state index in [1.165, 1.54) is 41.9 Å². The lowest BCUT2D eigenvalue weighted by Crippen LogP contribution is -2.46. The SMILES string of the molecule is CN1CC[C@H](N(C)C(=O)N2CC[C@H](n3cnc4cc(-c5ccc(OC(F)(F)F)cc5)sc4c3=O)C2)C1. The van der Waals surface area contributed by atoms with Gasteiger partial charge in [0, 0.05) is 37.6 Å². The van der Waals surface area contributed by atoms with Gasteiger partial charge in [0.1, 0.15) is 10.4 Å². The maximum atomic E-state index is 13.3. The Balaban J connectivity index is 1.32. The van der Waals surface area contributed by atoms with Crippen LogP contribution >= 0.6 is 11.3 Å². The molecule has 0 unspecified atom stereocenters. The number of hydrogen-bond acceptors (Lipinski definition) is 6. The average Bonchev–Trinajstić information content (AvgIpc) is 3.57. The van der Waals surface area contributed by atoms with Gasteiger partial charge in [-0.15, -0.1) is 24.5 Å². The van der Waals surface area contributed by atoms with E-state index in [1.54, 1.807) is 15.5 Å². The predicted octanol–water partition coefficient (Wildman–Crippen LogP) is 4.03. The Morgan fingerprint density at radius 3 is 2.58 bits per heavy atom. The monoisotopic (exact) mass is 521 g/mol. The third-order valence-electron chi connectivity index (χ3n) is 6.88. The molecule has 0 saturated carbocycles. The third kappa shape index (κ3) is 4.92. The molecule has 2 aliphatic heterocycles. The molecular formula is C24H26F3N5O3S. The second kappa shape index (κ2) is 9.40. The average molecular weight is 522 g/mol. The lowest BCUT2D eigenvalue weighted by molar-refractivity contribution is -0.274. The molecule has 2 amide bonds. The van der Waals surface area contributed by atoms with Gasteiger partial charge in [0.2, 0.25) is 0 Å². The summed E-state index contributed by atoms with van der Waals surface area (Å²) < 4.78 is 43.2. The smallest absolute Gasteiger partial charge is 0.406 e. The highest BCUT2D eigenvalue weighted by atomic mass is 32.1. The summed E-state index contributed by atoms with van der Waals surface area (Å²) in [4.78, 5) is 37.3. The van der Waals surface area contributed by atoms with Crippen LogP contribution in [0, 0.1) is 0 Å². The first-order valence-electron chi connectivity index (χ1n) is 11.7. The minimum Gasteiger partial charge on any atom is -0.406 e. The Kier molecular flexibility index (Phi) is 6.41. The zero-order valence-electron chi connectivity index (χ0n) is 19.9. The molecule has 0 aliphatic carbocycles. The highest BCUT2D eigenvalue weighted by Crippen LogP contribution is 2.33. The van der Waals surface area contributed by atoms with Crippen LogP contribution in [-0.2, 0) is 0 Å². The molecule has 2 saturated heterocycles. The first-order chi connectivity index (χ1) is 17.1. The van der Waals surface area contributed by atoms with Gasteiger partial charge in [-0.25, -0.2) is 9.78 Å². The van der Waals surface area contributed by atoms with Gasteiger partial charge >= 0.3 is 12.4 Å². The zero-order valence-corrected chi connectivity index (χ0v) is 20.7. The molecule has 3 aromatic rings. The van der Waals surface area contributed by atoms with E-state index in [-0.39, 0.29) is 29.4 Å². The molecule has 4 heterocycles. The van der Waals surface area contributed by atoms with Gasteiger partial charge in [0.25, 0.3) is 5.56 Å². The number of likely N-dealkylation sites (N-methyl/N-ethyl adjacent to an activating group) is 2. The topological polar surface area (TPSA) is 70.9 Å². The Labute approximate surface area is 209 Å². The van der Waals surface area contributed by atoms with Crippen LogP contribution in [0.1, 0.15) is 18.9 Å². The van der Waals surface area contributed by atoms with Gasteiger partial charge in [-0.05, 0) is 62.3 Å². The number of fused-ring (bicyclic) bond motifs is 1. The summed E-state index contributed by atoms with van der Waals surface area (Å²) in [5, 5.41) is 0. The van der Waals surface area contributed by atoms with Gasteiger partial charge < -0.3 is 19.4 Å². The lowest BCUT2D eigenvalue weighted by Gasteiger charge is -2.29. The molecule has 0 radical (unpaired) electrons. The molecule has 2 aliphatic rings. The van der Waals surface area contributed by atoms with Crippen LogP contribution in [0.2, 0.25) is 0 Å². The summed E-state index contributed by atoms with van der Waals surface area (Å²) in [6, 6.07) is 7.28. The number of rotatable bonds is 4. The minimum absolute atomic E-state index is 0.0174. The predicted molar refractivity (Wildman–Crippen MR) is 130 cm³/mol. The number of carbonyl (C=O) groups excluding carboxylic acids is 1. The summed E-state index contributed by atoms with van der Waals surface area (Å²) in [5.41, 5.74) is 1.01. The van der Waals surface area contributed by atoms with E-state index < -0.39 is 6.36 Å². The fourth-order valence-corrected chi connectivity index (χ4v) is 5.95. The minimum atomic E-state index is -4.75. The Morgan fingerprint density at radius 1 is 1.17 bits per heavy atom. The summed E-state index contributed by atoms with van der Waals surface area (Å²) >= 11 is 1.25. The number of amides is 2. The highest BCUT2D eigenvalue weighted by Gasteiger charge is 2.34. The summed E-state index contributed by atoms with van der Waals surface area (Å²) in [7, 11) is 3.89. The molecule has 0 N–H and O–H groups in total. The number of hydrogen-bond donors (Lipinski definition) is 0. The van der Waals surface area contributed by atoms with Crippen LogP contribution in [0.3, 0.4) is 0 Å². The summed E-state index contributed by atoms with van der Waals surface area (Å²) in [6.07, 6.45) is -1.61. The number of benzene rings is 1. The number of ether oxygens (including phenoxy) is 1. The number of nitrogens with zero attached hydrogens (tertiary/aromatic N) is 5. The number of aromatic nitrogens is 2. The third-order valence-corrected chi connectivity index (χ3v) is 8.04. The first kappa shape index (κ1) is 24.6. The van der Waals surface area contributed by atoms with Crippen molar-refractivity contribution < 1.29 is 22.7 Å². The maximum absolute atomic E-state index is 13.3. The second-order valence-electron chi connectivity index (χ2n) is 9.34. The van der Waals surface area contributed by atoms with Gasteiger partial charge in [0.15, 0.2) is 0 Å². The molecular weight excluding hydrogens is 495 g/mol. The van der Waals surface area contributed by atoms with E-state index in [0.717, 1.165) is 24.4 Å². The number of urea groups is 1. The van der Waals surface area contributed by atoms with E-state index in [4.69, 9.17) is 0 Å². The molecule has 0 spiro atoms. The normalized spacial score (nSPS) is 20.9. The maximum Gasteiger partial charge on any atom is 0.573 e. The molecule has 1 aromatic carbocycles. The summed E-state index contributed by atoms with van der Waals surface area (Å²) in [6.45, 7) is 2.85. The van der Waals surface area contributed by atoms with Crippen molar-refractivity contribution in [2.75, 3.05) is 40.3 Å². The van der Waals surface area contributed by atoms with Crippen LogP contribution in [0.5, 0.6) is 5.75 Å². The number of likely N-dealkylation sites (tertiary alicyclic amines) is 2. The lowest BCUT2D eigenvalue weighted by atomic mass is 10.2.